The average molecular weight is 361 g/mol. The summed E-state index contributed by atoms with van der Waals surface area (Å²) in [6.07, 6.45) is 1.50. The molecule has 25 heavy (non-hydrogen) atoms. The molecule has 7 nitrogen and oxygen atoms in total. The van der Waals surface area contributed by atoms with E-state index in [4.69, 9.17) is 11.6 Å². The largest absolute Gasteiger partial charge is 0.376 e. The van der Waals surface area contributed by atoms with E-state index in [1.165, 1.54) is 24.5 Å². The first-order valence-electron chi connectivity index (χ1n) is 7.36. The number of halogens is 2. The van der Waals surface area contributed by atoms with Crippen LogP contribution in [0.3, 0.4) is 0 Å². The third kappa shape index (κ3) is 4.10. The highest BCUT2D eigenvalue weighted by molar-refractivity contribution is 6.30. The van der Waals surface area contributed by atoms with Gasteiger partial charge in [-0.05, 0) is 59.3 Å². The molecule has 0 unspecified atom stereocenters. The van der Waals surface area contributed by atoms with Crippen LogP contribution in [0.2, 0.25) is 5.02 Å². The Bertz CT molecular complexity index is 900. The molecule has 1 amide bonds. The summed E-state index contributed by atoms with van der Waals surface area (Å²) in [6.45, 7) is 1.89. The third-order valence-electron chi connectivity index (χ3n) is 3.45. The standard InChI is InChI=1S/C16H14ClFN6O/c1-10-6-12(3-5-15(10)24-9-20-22-23-24)19-8-16(25)21-14-7-11(17)2-4-13(14)18/h2-7,9,19H,8H2,1H3,(H,21,25). The summed E-state index contributed by atoms with van der Waals surface area (Å²) in [5, 5.41) is 16.8. The van der Waals surface area contributed by atoms with Gasteiger partial charge in [-0.25, -0.2) is 9.07 Å². The summed E-state index contributed by atoms with van der Waals surface area (Å²) in [7, 11) is 0. The molecule has 1 heterocycles. The maximum atomic E-state index is 13.6. The van der Waals surface area contributed by atoms with Crippen LogP contribution in [0.4, 0.5) is 15.8 Å². The van der Waals surface area contributed by atoms with Crippen LogP contribution in [-0.2, 0) is 4.79 Å². The van der Waals surface area contributed by atoms with Gasteiger partial charge in [0.1, 0.15) is 12.1 Å². The number of nitrogens with zero attached hydrogens (tertiary/aromatic N) is 4. The van der Waals surface area contributed by atoms with Gasteiger partial charge in [0.15, 0.2) is 0 Å². The van der Waals surface area contributed by atoms with Crippen LogP contribution in [0.25, 0.3) is 5.69 Å². The molecule has 0 saturated heterocycles. The van der Waals surface area contributed by atoms with Crippen molar-refractivity contribution in [2.45, 2.75) is 6.92 Å². The van der Waals surface area contributed by atoms with Gasteiger partial charge in [-0.15, -0.1) is 5.10 Å². The number of carbonyl (C=O) groups excluding carboxylic acids is 1. The fourth-order valence-electron chi connectivity index (χ4n) is 2.26. The van der Waals surface area contributed by atoms with E-state index in [0.29, 0.717) is 5.02 Å². The minimum absolute atomic E-state index is 0.0182. The van der Waals surface area contributed by atoms with Crippen LogP contribution in [-0.4, -0.2) is 32.7 Å². The fraction of sp³-hybridized carbons (Fsp3) is 0.125. The number of rotatable bonds is 5. The Balaban J connectivity index is 1.62. The Labute approximate surface area is 147 Å². The zero-order valence-electron chi connectivity index (χ0n) is 13.2. The number of hydrogen-bond donors (Lipinski definition) is 2. The van der Waals surface area contributed by atoms with Gasteiger partial charge >= 0.3 is 0 Å². The second-order valence-corrected chi connectivity index (χ2v) is 5.72. The number of carbonyl (C=O) groups is 1. The second-order valence-electron chi connectivity index (χ2n) is 5.28. The first-order chi connectivity index (χ1) is 12.0. The van der Waals surface area contributed by atoms with E-state index in [1.807, 2.05) is 19.1 Å². The zero-order valence-corrected chi connectivity index (χ0v) is 14.0. The number of benzene rings is 2. The molecule has 0 aliphatic carbocycles. The van der Waals surface area contributed by atoms with Crippen LogP contribution in [0.1, 0.15) is 5.56 Å². The van der Waals surface area contributed by atoms with Crippen LogP contribution in [0.15, 0.2) is 42.7 Å². The molecule has 3 rings (SSSR count). The van der Waals surface area contributed by atoms with Gasteiger partial charge in [-0.3, -0.25) is 4.79 Å². The van der Waals surface area contributed by atoms with Gasteiger partial charge in [-0.1, -0.05) is 11.6 Å². The number of hydrogen-bond acceptors (Lipinski definition) is 5. The maximum Gasteiger partial charge on any atom is 0.243 e. The molecule has 1 aromatic heterocycles. The van der Waals surface area contributed by atoms with E-state index in [9.17, 15) is 9.18 Å². The highest BCUT2D eigenvalue weighted by atomic mass is 35.5. The summed E-state index contributed by atoms with van der Waals surface area (Å²) in [6, 6.07) is 9.48. The predicted octanol–water partition coefficient (Wildman–Crippen LogP) is 2.81. The summed E-state index contributed by atoms with van der Waals surface area (Å²) in [5.41, 5.74) is 2.56. The highest BCUT2D eigenvalue weighted by Crippen LogP contribution is 2.20. The van der Waals surface area contributed by atoms with Gasteiger partial charge < -0.3 is 10.6 Å². The minimum Gasteiger partial charge on any atom is -0.376 e. The number of nitrogens with one attached hydrogen (secondary N) is 2. The van der Waals surface area contributed by atoms with Crippen molar-refractivity contribution in [2.75, 3.05) is 17.2 Å². The Morgan fingerprint density at radius 1 is 1.28 bits per heavy atom. The smallest absolute Gasteiger partial charge is 0.243 e. The van der Waals surface area contributed by atoms with Crippen LogP contribution >= 0.6 is 11.6 Å². The molecule has 0 saturated carbocycles. The van der Waals surface area contributed by atoms with Crippen molar-refractivity contribution in [3.63, 3.8) is 0 Å². The van der Waals surface area contributed by atoms with E-state index >= 15 is 0 Å². The Hall–Kier alpha value is -3.00. The normalized spacial score (nSPS) is 10.5. The van der Waals surface area contributed by atoms with Gasteiger partial charge in [0.25, 0.3) is 0 Å². The monoisotopic (exact) mass is 360 g/mol. The lowest BCUT2D eigenvalue weighted by molar-refractivity contribution is -0.114. The van der Waals surface area contributed by atoms with Crippen molar-refractivity contribution in [2.24, 2.45) is 0 Å². The number of amides is 1. The molecule has 128 valence electrons. The Morgan fingerprint density at radius 2 is 2.12 bits per heavy atom. The predicted molar refractivity (Wildman–Crippen MR) is 92.4 cm³/mol. The molecule has 2 N–H and O–H groups in total. The highest BCUT2D eigenvalue weighted by Gasteiger charge is 2.09. The van der Waals surface area contributed by atoms with Crippen LogP contribution < -0.4 is 10.6 Å². The number of aromatic nitrogens is 4. The van der Waals surface area contributed by atoms with Crippen molar-refractivity contribution in [1.29, 1.82) is 0 Å². The average Bonchev–Trinajstić information content (AvgIpc) is 3.10. The van der Waals surface area contributed by atoms with E-state index in [2.05, 4.69) is 26.2 Å². The van der Waals surface area contributed by atoms with Gasteiger partial charge in [0, 0.05) is 10.7 Å². The van der Waals surface area contributed by atoms with Crippen LogP contribution in [0, 0.1) is 12.7 Å². The first-order valence-corrected chi connectivity index (χ1v) is 7.73. The summed E-state index contributed by atoms with van der Waals surface area (Å²) < 4.78 is 15.2. The number of tetrazole rings is 1. The molecular formula is C16H14ClFN6O. The van der Waals surface area contributed by atoms with Crippen molar-refractivity contribution >= 4 is 28.9 Å². The Morgan fingerprint density at radius 3 is 2.84 bits per heavy atom. The lowest BCUT2D eigenvalue weighted by atomic mass is 10.2. The molecule has 0 spiro atoms. The lowest BCUT2D eigenvalue weighted by Gasteiger charge is -2.11. The fourth-order valence-corrected chi connectivity index (χ4v) is 2.44. The maximum absolute atomic E-state index is 13.6. The summed E-state index contributed by atoms with van der Waals surface area (Å²) in [4.78, 5) is 12.0. The molecular weight excluding hydrogens is 347 g/mol. The lowest BCUT2D eigenvalue weighted by Crippen LogP contribution is -2.22. The van der Waals surface area contributed by atoms with Gasteiger partial charge in [0.2, 0.25) is 5.91 Å². The molecule has 3 aromatic rings. The Kier molecular flexibility index (Phi) is 4.90. The molecule has 0 atom stereocenters. The van der Waals surface area contributed by atoms with E-state index < -0.39 is 5.82 Å². The third-order valence-corrected chi connectivity index (χ3v) is 3.68. The quantitative estimate of drug-likeness (QED) is 0.730. The molecule has 2 aromatic carbocycles. The number of anilines is 2. The van der Waals surface area contributed by atoms with Crippen molar-refractivity contribution < 1.29 is 9.18 Å². The summed E-state index contributed by atoms with van der Waals surface area (Å²) in [5.74, 6) is -0.928. The molecule has 0 radical (unpaired) electrons. The molecule has 0 aliphatic heterocycles. The summed E-state index contributed by atoms with van der Waals surface area (Å²) >= 11 is 5.80. The molecule has 0 bridgehead atoms. The van der Waals surface area contributed by atoms with Gasteiger partial charge in [0.05, 0.1) is 17.9 Å². The van der Waals surface area contributed by atoms with E-state index in [1.54, 1.807) is 10.7 Å². The molecule has 0 aliphatic rings. The van der Waals surface area contributed by atoms with Crippen molar-refractivity contribution in [3.8, 4) is 5.69 Å². The molecule has 0 fully saturated rings. The van der Waals surface area contributed by atoms with E-state index in [0.717, 1.165) is 16.9 Å². The van der Waals surface area contributed by atoms with E-state index in [-0.39, 0.29) is 18.1 Å². The minimum atomic E-state index is -0.542. The topological polar surface area (TPSA) is 84.7 Å². The van der Waals surface area contributed by atoms with Crippen LogP contribution in [0.5, 0.6) is 0 Å². The van der Waals surface area contributed by atoms with Gasteiger partial charge in [-0.2, -0.15) is 0 Å². The zero-order chi connectivity index (χ0) is 17.8. The number of aryl methyl sites for hydroxylation is 1. The van der Waals surface area contributed by atoms with Crippen molar-refractivity contribution in [1.82, 2.24) is 20.2 Å². The SMILES string of the molecule is Cc1cc(NCC(=O)Nc2cc(Cl)ccc2F)ccc1-n1cnnn1. The first kappa shape index (κ1) is 16.8. The molecule has 9 heteroatoms. The second kappa shape index (κ2) is 7.27. The van der Waals surface area contributed by atoms with Crippen molar-refractivity contribution in [3.05, 3.63) is 59.1 Å².